The largest absolute Gasteiger partial charge is 0.469 e. The quantitative estimate of drug-likeness (QED) is 0.799. The highest BCUT2D eigenvalue weighted by atomic mass is 19.3. The Balaban J connectivity index is 2.54. The summed E-state index contributed by atoms with van der Waals surface area (Å²) in [6.07, 6.45) is 0.0372. The van der Waals surface area contributed by atoms with Gasteiger partial charge in [-0.25, -0.2) is 0 Å². The van der Waals surface area contributed by atoms with Crippen molar-refractivity contribution in [3.8, 4) is 5.75 Å². The maximum absolute atomic E-state index is 12.0. The Hall–Kier alpha value is -2.18. The van der Waals surface area contributed by atoms with Gasteiger partial charge in [0.25, 0.3) is 5.91 Å². The molecule has 1 rings (SSSR count). The monoisotopic (exact) mass is 273 g/mol. The van der Waals surface area contributed by atoms with Gasteiger partial charge in [-0.3, -0.25) is 9.59 Å². The van der Waals surface area contributed by atoms with Crippen LogP contribution in [0.2, 0.25) is 0 Å². The van der Waals surface area contributed by atoms with Crippen molar-refractivity contribution in [2.75, 3.05) is 13.7 Å². The number of ether oxygens (including phenoxy) is 2. The third-order valence-electron chi connectivity index (χ3n) is 2.16. The van der Waals surface area contributed by atoms with E-state index in [1.54, 1.807) is 0 Å². The lowest BCUT2D eigenvalue weighted by Gasteiger charge is -2.07. The van der Waals surface area contributed by atoms with Crippen molar-refractivity contribution in [1.29, 1.82) is 0 Å². The van der Waals surface area contributed by atoms with E-state index >= 15 is 0 Å². The number of rotatable bonds is 6. The van der Waals surface area contributed by atoms with E-state index in [1.165, 1.54) is 31.4 Å². The van der Waals surface area contributed by atoms with Gasteiger partial charge in [0.05, 0.1) is 13.5 Å². The maximum atomic E-state index is 12.0. The standard InChI is InChI=1S/C12H13F2NO4/c1-18-10(16)5-6-15-11(17)8-3-2-4-9(7-8)19-12(13)14/h2-4,7,12H,5-6H2,1H3,(H,15,17). The fourth-order valence-electron chi connectivity index (χ4n) is 1.30. The van der Waals surface area contributed by atoms with Crippen molar-refractivity contribution >= 4 is 11.9 Å². The van der Waals surface area contributed by atoms with Crippen LogP contribution < -0.4 is 10.1 Å². The van der Waals surface area contributed by atoms with Crippen LogP contribution in [0.1, 0.15) is 16.8 Å². The van der Waals surface area contributed by atoms with Gasteiger partial charge in [-0.05, 0) is 18.2 Å². The third-order valence-corrected chi connectivity index (χ3v) is 2.16. The number of carbonyl (C=O) groups excluding carboxylic acids is 2. The average Bonchev–Trinajstić information content (AvgIpc) is 2.37. The molecule has 0 saturated carbocycles. The molecule has 0 aliphatic rings. The van der Waals surface area contributed by atoms with E-state index in [4.69, 9.17) is 0 Å². The molecule has 1 aromatic rings. The van der Waals surface area contributed by atoms with Crippen LogP contribution in [-0.4, -0.2) is 32.1 Å². The molecule has 1 aromatic carbocycles. The maximum Gasteiger partial charge on any atom is 0.387 e. The summed E-state index contributed by atoms with van der Waals surface area (Å²) in [4.78, 5) is 22.5. The summed E-state index contributed by atoms with van der Waals surface area (Å²) in [6.45, 7) is -2.84. The van der Waals surface area contributed by atoms with E-state index in [2.05, 4.69) is 14.8 Å². The highest BCUT2D eigenvalue weighted by Gasteiger charge is 2.09. The molecule has 1 amide bonds. The Labute approximate surface area is 108 Å². The predicted molar refractivity (Wildman–Crippen MR) is 62.0 cm³/mol. The summed E-state index contributed by atoms with van der Waals surface area (Å²) in [7, 11) is 1.25. The minimum absolute atomic E-state index is 0.0372. The highest BCUT2D eigenvalue weighted by Crippen LogP contribution is 2.15. The Kier molecular flexibility index (Phi) is 5.72. The second-order valence-corrected chi connectivity index (χ2v) is 3.49. The number of benzene rings is 1. The van der Waals surface area contributed by atoms with Gasteiger partial charge in [0.1, 0.15) is 5.75 Å². The Bertz CT molecular complexity index is 451. The summed E-state index contributed by atoms with van der Waals surface area (Å²) in [5, 5.41) is 2.46. The molecule has 0 heterocycles. The van der Waals surface area contributed by atoms with Crippen molar-refractivity contribution in [3.63, 3.8) is 0 Å². The molecule has 0 saturated heterocycles. The Morgan fingerprint density at radius 1 is 1.37 bits per heavy atom. The number of methoxy groups -OCH3 is 1. The molecule has 0 aromatic heterocycles. The molecule has 0 spiro atoms. The van der Waals surface area contributed by atoms with Gasteiger partial charge < -0.3 is 14.8 Å². The number of hydrogen-bond acceptors (Lipinski definition) is 4. The van der Waals surface area contributed by atoms with Crippen molar-refractivity contribution in [2.45, 2.75) is 13.0 Å². The number of carbonyl (C=O) groups is 2. The number of alkyl halides is 2. The third kappa shape index (κ3) is 5.33. The van der Waals surface area contributed by atoms with Gasteiger partial charge >= 0.3 is 12.6 Å². The molecular weight excluding hydrogens is 260 g/mol. The minimum Gasteiger partial charge on any atom is -0.469 e. The van der Waals surface area contributed by atoms with E-state index in [0.717, 1.165) is 0 Å². The van der Waals surface area contributed by atoms with Gasteiger partial charge in [-0.1, -0.05) is 6.07 Å². The summed E-state index contributed by atoms with van der Waals surface area (Å²) in [5.41, 5.74) is 0.169. The smallest absolute Gasteiger partial charge is 0.387 e. The topological polar surface area (TPSA) is 64.6 Å². The molecule has 5 nitrogen and oxygen atoms in total. The van der Waals surface area contributed by atoms with Crippen LogP contribution in [0, 0.1) is 0 Å². The molecular formula is C12H13F2NO4. The molecule has 0 aliphatic carbocycles. The number of esters is 1. The predicted octanol–water partition coefficient (Wildman–Crippen LogP) is 1.58. The van der Waals surface area contributed by atoms with Crippen LogP contribution in [0.3, 0.4) is 0 Å². The molecule has 0 bridgehead atoms. The Morgan fingerprint density at radius 3 is 2.74 bits per heavy atom. The first-order chi connectivity index (χ1) is 9.02. The lowest BCUT2D eigenvalue weighted by Crippen LogP contribution is -2.26. The van der Waals surface area contributed by atoms with Crippen LogP contribution in [0.25, 0.3) is 0 Å². The summed E-state index contributed by atoms with van der Waals surface area (Å²) in [5.74, 6) is -1.03. The second kappa shape index (κ2) is 7.30. The van der Waals surface area contributed by atoms with Gasteiger partial charge in [-0.2, -0.15) is 8.78 Å². The highest BCUT2D eigenvalue weighted by molar-refractivity contribution is 5.94. The van der Waals surface area contributed by atoms with Crippen LogP contribution in [0.5, 0.6) is 5.75 Å². The lowest BCUT2D eigenvalue weighted by atomic mass is 10.2. The molecule has 0 aliphatic heterocycles. The fourth-order valence-corrected chi connectivity index (χ4v) is 1.30. The first kappa shape index (κ1) is 14.9. The first-order valence-electron chi connectivity index (χ1n) is 5.43. The van der Waals surface area contributed by atoms with Gasteiger partial charge in [0.2, 0.25) is 0 Å². The lowest BCUT2D eigenvalue weighted by molar-refractivity contribution is -0.140. The van der Waals surface area contributed by atoms with E-state index in [0.29, 0.717) is 0 Å². The van der Waals surface area contributed by atoms with Crippen LogP contribution in [0.4, 0.5) is 8.78 Å². The van der Waals surface area contributed by atoms with Crippen molar-refractivity contribution in [3.05, 3.63) is 29.8 Å². The zero-order chi connectivity index (χ0) is 14.3. The number of hydrogen-bond donors (Lipinski definition) is 1. The molecule has 1 N–H and O–H groups in total. The van der Waals surface area contributed by atoms with Gasteiger partial charge in [0.15, 0.2) is 0 Å². The SMILES string of the molecule is COC(=O)CCNC(=O)c1cccc(OC(F)F)c1. The molecule has 0 fully saturated rings. The molecule has 19 heavy (non-hydrogen) atoms. The zero-order valence-corrected chi connectivity index (χ0v) is 10.2. The molecule has 0 radical (unpaired) electrons. The van der Waals surface area contributed by atoms with E-state index < -0.39 is 18.5 Å². The summed E-state index contributed by atoms with van der Waals surface area (Å²) >= 11 is 0. The van der Waals surface area contributed by atoms with Crippen molar-refractivity contribution < 1.29 is 27.8 Å². The van der Waals surface area contributed by atoms with Crippen LogP contribution in [-0.2, 0) is 9.53 Å². The fraction of sp³-hybridized carbons (Fsp3) is 0.333. The van der Waals surface area contributed by atoms with Crippen molar-refractivity contribution in [2.24, 2.45) is 0 Å². The molecule has 0 unspecified atom stereocenters. The zero-order valence-electron chi connectivity index (χ0n) is 10.2. The van der Waals surface area contributed by atoms with E-state index in [1.807, 2.05) is 0 Å². The van der Waals surface area contributed by atoms with Gasteiger partial charge in [-0.15, -0.1) is 0 Å². The normalized spacial score (nSPS) is 10.1. The second-order valence-electron chi connectivity index (χ2n) is 3.49. The molecule has 0 atom stereocenters. The summed E-state index contributed by atoms with van der Waals surface area (Å²) in [6, 6.07) is 5.38. The molecule has 104 valence electrons. The number of halogens is 2. The average molecular weight is 273 g/mol. The van der Waals surface area contributed by atoms with Crippen LogP contribution in [0.15, 0.2) is 24.3 Å². The minimum atomic E-state index is -2.95. The molecule has 7 heteroatoms. The van der Waals surface area contributed by atoms with Gasteiger partial charge in [0, 0.05) is 12.1 Å². The van der Waals surface area contributed by atoms with Crippen LogP contribution >= 0.6 is 0 Å². The van der Waals surface area contributed by atoms with E-state index in [-0.39, 0.29) is 24.3 Å². The van der Waals surface area contributed by atoms with Crippen molar-refractivity contribution in [1.82, 2.24) is 5.32 Å². The summed E-state index contributed by atoms with van der Waals surface area (Å²) < 4.78 is 32.6. The first-order valence-corrected chi connectivity index (χ1v) is 5.43. The number of nitrogens with one attached hydrogen (secondary N) is 1. The Morgan fingerprint density at radius 2 is 2.11 bits per heavy atom. The number of amides is 1. The van der Waals surface area contributed by atoms with E-state index in [9.17, 15) is 18.4 Å².